The monoisotopic (exact) mass is 498 g/mol. The summed E-state index contributed by atoms with van der Waals surface area (Å²) in [7, 11) is 0. The van der Waals surface area contributed by atoms with E-state index in [0.717, 1.165) is 24.2 Å². The van der Waals surface area contributed by atoms with Crippen molar-refractivity contribution in [3.63, 3.8) is 0 Å². The molecule has 4 rings (SSSR count). The van der Waals surface area contributed by atoms with Gasteiger partial charge >= 0.3 is 6.18 Å². The summed E-state index contributed by atoms with van der Waals surface area (Å²) in [4.78, 5) is 33.8. The van der Waals surface area contributed by atoms with Gasteiger partial charge in [0.1, 0.15) is 5.69 Å². The lowest BCUT2D eigenvalue weighted by atomic mass is 9.99. The number of rotatable bonds is 5. The van der Waals surface area contributed by atoms with Crippen LogP contribution in [0.1, 0.15) is 33.8 Å². The Kier molecular flexibility index (Phi) is 7.48. The molecule has 4 heterocycles. The summed E-state index contributed by atoms with van der Waals surface area (Å²) in [5.41, 5.74) is -0.0249. The van der Waals surface area contributed by atoms with E-state index in [-0.39, 0.29) is 35.5 Å². The highest BCUT2D eigenvalue weighted by molar-refractivity contribution is 7.17. The number of halogens is 3. The van der Waals surface area contributed by atoms with Crippen LogP contribution in [0.2, 0.25) is 0 Å². The second-order valence-corrected chi connectivity index (χ2v) is 9.44. The number of carbonyl (C=O) groups is 2. The predicted octanol–water partition coefficient (Wildman–Crippen LogP) is 3.51. The van der Waals surface area contributed by atoms with E-state index in [1.807, 2.05) is 4.90 Å². The molecule has 0 radical (unpaired) electrons. The summed E-state index contributed by atoms with van der Waals surface area (Å²) in [5, 5.41) is 3.56. The minimum atomic E-state index is -4.63. The molecule has 2 amide bonds. The van der Waals surface area contributed by atoms with Crippen LogP contribution in [0.25, 0.3) is 10.6 Å². The van der Waals surface area contributed by atoms with Gasteiger partial charge in [-0.15, -0.1) is 11.3 Å². The number of likely N-dealkylation sites (tertiary alicyclic amines) is 1. The lowest BCUT2D eigenvalue weighted by molar-refractivity contribution is -0.156. The van der Waals surface area contributed by atoms with Gasteiger partial charge in [-0.05, 0) is 31.9 Å². The fourth-order valence-corrected chi connectivity index (χ4v) is 5.07. The molecule has 0 aliphatic carbocycles. The molecule has 1 atom stereocenters. The van der Waals surface area contributed by atoms with Crippen LogP contribution in [0.3, 0.4) is 0 Å². The molecule has 8 nitrogen and oxygen atoms in total. The third-order valence-electron chi connectivity index (χ3n) is 5.87. The third-order valence-corrected chi connectivity index (χ3v) is 6.95. The molecular formula is C22H25F3N4O4S. The highest BCUT2D eigenvalue weighted by atomic mass is 32.1. The van der Waals surface area contributed by atoms with Gasteiger partial charge in [0.25, 0.3) is 11.8 Å². The largest absolute Gasteiger partial charge is 0.452 e. The molecule has 0 N–H and O–H groups in total. The Balaban J connectivity index is 1.37. The van der Waals surface area contributed by atoms with Gasteiger partial charge in [0.2, 0.25) is 5.76 Å². The van der Waals surface area contributed by atoms with Gasteiger partial charge in [-0.2, -0.15) is 13.2 Å². The van der Waals surface area contributed by atoms with E-state index in [1.165, 1.54) is 6.92 Å². The standard InChI is InChI=1S/C22H25F3N4O4S/c1-14-19(27-33-20(14)22(23,24)25)16-4-5-17(34-16)21(31)29-6-2-3-15(12-29)11-26-18(30)13-28-7-9-32-10-8-28/h4-5,11,15H,2-3,6-10,12-13H2,1H3. The van der Waals surface area contributed by atoms with Gasteiger partial charge in [-0.1, -0.05) is 5.16 Å². The fourth-order valence-electron chi connectivity index (χ4n) is 4.06. The minimum Gasteiger partial charge on any atom is -0.379 e. The molecule has 0 bridgehead atoms. The Hall–Kier alpha value is -2.57. The summed E-state index contributed by atoms with van der Waals surface area (Å²) in [6.45, 7) is 5.19. The van der Waals surface area contributed by atoms with Crippen molar-refractivity contribution in [2.24, 2.45) is 10.9 Å². The quantitative estimate of drug-likeness (QED) is 0.587. The van der Waals surface area contributed by atoms with E-state index >= 15 is 0 Å². The first-order valence-electron chi connectivity index (χ1n) is 11.0. The molecule has 2 aliphatic rings. The maximum absolute atomic E-state index is 13.0. The van der Waals surface area contributed by atoms with Crippen LogP contribution in [0.5, 0.6) is 0 Å². The molecular weight excluding hydrogens is 473 g/mol. The van der Waals surface area contributed by atoms with E-state index in [4.69, 9.17) is 4.74 Å². The molecule has 2 fully saturated rings. The zero-order valence-electron chi connectivity index (χ0n) is 18.6. The fraction of sp³-hybridized carbons (Fsp3) is 0.545. The van der Waals surface area contributed by atoms with Crippen LogP contribution in [-0.2, 0) is 15.7 Å². The molecule has 1 unspecified atom stereocenters. The number of ether oxygens (including phenoxy) is 1. The van der Waals surface area contributed by atoms with Crippen LogP contribution in [-0.4, -0.2) is 78.9 Å². The van der Waals surface area contributed by atoms with Crippen LogP contribution < -0.4 is 0 Å². The number of amides is 2. The number of nitrogens with zero attached hydrogens (tertiary/aromatic N) is 4. The van der Waals surface area contributed by atoms with Crippen molar-refractivity contribution < 1.29 is 32.0 Å². The Labute approximate surface area is 198 Å². The molecule has 0 saturated carbocycles. The highest BCUT2D eigenvalue weighted by Crippen LogP contribution is 2.38. The van der Waals surface area contributed by atoms with E-state index < -0.39 is 11.9 Å². The number of thiophene rings is 1. The molecule has 12 heteroatoms. The molecule has 34 heavy (non-hydrogen) atoms. The van der Waals surface area contributed by atoms with Gasteiger partial charge in [0, 0.05) is 43.9 Å². The SMILES string of the molecule is Cc1c(-c2ccc(C(=O)N3CCCC(C=NC(=O)CN4CCOCC4)C3)s2)noc1C(F)(F)F. The summed E-state index contributed by atoms with van der Waals surface area (Å²) in [6, 6.07) is 3.17. The summed E-state index contributed by atoms with van der Waals surface area (Å²) >= 11 is 1.08. The third kappa shape index (κ3) is 5.73. The van der Waals surface area contributed by atoms with Crippen molar-refractivity contribution in [2.75, 3.05) is 45.9 Å². The first-order chi connectivity index (χ1) is 16.2. The number of aromatic nitrogens is 1. The van der Waals surface area contributed by atoms with E-state index in [1.54, 1.807) is 23.2 Å². The number of hydrogen-bond donors (Lipinski definition) is 0. The smallest absolute Gasteiger partial charge is 0.379 e. The van der Waals surface area contributed by atoms with E-state index in [9.17, 15) is 22.8 Å². The van der Waals surface area contributed by atoms with Crippen LogP contribution in [0.4, 0.5) is 13.2 Å². The molecule has 2 aromatic heterocycles. The Bertz CT molecular complexity index is 1060. The number of aliphatic imine (C=N–C) groups is 1. The predicted molar refractivity (Wildman–Crippen MR) is 119 cm³/mol. The highest BCUT2D eigenvalue weighted by Gasteiger charge is 2.39. The second-order valence-electron chi connectivity index (χ2n) is 8.36. The van der Waals surface area contributed by atoms with Crippen LogP contribution in [0, 0.1) is 12.8 Å². The van der Waals surface area contributed by atoms with Crippen molar-refractivity contribution in [3.05, 3.63) is 28.3 Å². The summed E-state index contributed by atoms with van der Waals surface area (Å²) in [6.07, 6.45) is -1.39. The van der Waals surface area contributed by atoms with Crippen LogP contribution in [0.15, 0.2) is 21.6 Å². The Morgan fingerprint density at radius 3 is 2.74 bits per heavy atom. The summed E-state index contributed by atoms with van der Waals surface area (Å²) in [5.74, 6) is -1.58. The normalized spacial score (nSPS) is 20.2. The molecule has 2 aromatic rings. The first-order valence-corrected chi connectivity index (χ1v) is 11.8. The lowest BCUT2D eigenvalue weighted by Gasteiger charge is -2.30. The summed E-state index contributed by atoms with van der Waals surface area (Å²) < 4.78 is 48.7. The van der Waals surface area contributed by atoms with Crippen molar-refractivity contribution >= 4 is 29.4 Å². The molecule has 0 spiro atoms. The average Bonchev–Trinajstić information content (AvgIpc) is 3.44. The zero-order valence-corrected chi connectivity index (χ0v) is 19.5. The van der Waals surface area contributed by atoms with Gasteiger partial charge in [0.05, 0.1) is 29.5 Å². The van der Waals surface area contributed by atoms with Gasteiger partial charge in [-0.3, -0.25) is 14.5 Å². The molecule has 2 aliphatic heterocycles. The van der Waals surface area contributed by atoms with Crippen LogP contribution >= 0.6 is 11.3 Å². The minimum absolute atomic E-state index is 0.0297. The van der Waals surface area contributed by atoms with E-state index in [2.05, 4.69) is 14.7 Å². The first kappa shape index (κ1) is 24.6. The van der Waals surface area contributed by atoms with E-state index in [0.29, 0.717) is 49.1 Å². The Morgan fingerprint density at radius 1 is 1.26 bits per heavy atom. The van der Waals surface area contributed by atoms with Crippen molar-refractivity contribution in [1.29, 1.82) is 0 Å². The van der Waals surface area contributed by atoms with Gasteiger partial charge < -0.3 is 14.2 Å². The number of alkyl halides is 3. The topological polar surface area (TPSA) is 88.2 Å². The van der Waals surface area contributed by atoms with Gasteiger partial charge in [0.15, 0.2) is 0 Å². The molecule has 184 valence electrons. The molecule has 2 saturated heterocycles. The lowest BCUT2D eigenvalue weighted by Crippen LogP contribution is -2.40. The number of carbonyl (C=O) groups excluding carboxylic acids is 2. The zero-order chi connectivity index (χ0) is 24.3. The average molecular weight is 499 g/mol. The maximum atomic E-state index is 13.0. The maximum Gasteiger partial charge on any atom is 0.452 e. The number of piperidine rings is 1. The molecule has 0 aromatic carbocycles. The van der Waals surface area contributed by atoms with Crippen molar-refractivity contribution in [2.45, 2.75) is 25.9 Å². The second kappa shape index (κ2) is 10.4. The van der Waals surface area contributed by atoms with Gasteiger partial charge in [-0.25, -0.2) is 4.99 Å². The Morgan fingerprint density at radius 2 is 2.03 bits per heavy atom. The number of hydrogen-bond acceptors (Lipinski definition) is 7. The number of morpholine rings is 1. The van der Waals surface area contributed by atoms with Crippen molar-refractivity contribution in [1.82, 2.24) is 15.0 Å². The van der Waals surface area contributed by atoms with Crippen molar-refractivity contribution in [3.8, 4) is 10.6 Å².